The number of amides is 4. The van der Waals surface area contributed by atoms with E-state index in [1.54, 1.807) is 11.1 Å². The van der Waals surface area contributed by atoms with Crippen molar-refractivity contribution in [2.24, 2.45) is 0 Å². The normalized spacial score (nSPS) is 18.3. The third kappa shape index (κ3) is 3.52. The molecule has 0 bridgehead atoms. The van der Waals surface area contributed by atoms with Crippen LogP contribution in [0.15, 0.2) is 58.6 Å². The lowest BCUT2D eigenvalue weighted by molar-refractivity contribution is -0.125. The maximum absolute atomic E-state index is 12.7. The summed E-state index contributed by atoms with van der Waals surface area (Å²) >= 11 is 1.54. The molecule has 0 radical (unpaired) electrons. The van der Waals surface area contributed by atoms with E-state index < -0.39 is 11.6 Å². The lowest BCUT2D eigenvalue weighted by Crippen LogP contribution is -2.55. The molecular weight excluding hydrogens is 364 g/mol. The van der Waals surface area contributed by atoms with Crippen molar-refractivity contribution < 1.29 is 14.4 Å². The fraction of sp³-hybridized carbons (Fsp3) is 0.263. The SMILES string of the molecule is O=C1NC(=O)C2(CCN(C(=O)c3ccc(Sc4ccccn4)cc3)CC2)N1. The van der Waals surface area contributed by atoms with Crippen molar-refractivity contribution in [3.63, 3.8) is 0 Å². The zero-order valence-electron chi connectivity index (χ0n) is 14.5. The topological polar surface area (TPSA) is 91.4 Å². The number of benzene rings is 1. The Hall–Kier alpha value is -2.87. The third-order valence-corrected chi connectivity index (χ3v) is 5.84. The number of hydrogen-bond acceptors (Lipinski definition) is 5. The van der Waals surface area contributed by atoms with Gasteiger partial charge < -0.3 is 10.2 Å². The largest absolute Gasteiger partial charge is 0.338 e. The molecule has 27 heavy (non-hydrogen) atoms. The second-order valence-corrected chi connectivity index (χ2v) is 7.67. The molecule has 1 aromatic heterocycles. The van der Waals surface area contributed by atoms with Gasteiger partial charge in [0, 0.05) is 29.7 Å². The van der Waals surface area contributed by atoms with E-state index in [9.17, 15) is 14.4 Å². The molecule has 2 fully saturated rings. The first kappa shape index (κ1) is 17.5. The van der Waals surface area contributed by atoms with Gasteiger partial charge in [0.25, 0.3) is 11.8 Å². The van der Waals surface area contributed by atoms with Crippen molar-refractivity contribution in [1.82, 2.24) is 20.5 Å². The summed E-state index contributed by atoms with van der Waals surface area (Å²) in [5.74, 6) is -0.362. The summed E-state index contributed by atoms with van der Waals surface area (Å²) in [7, 11) is 0. The highest BCUT2D eigenvalue weighted by atomic mass is 32.2. The van der Waals surface area contributed by atoms with Crippen LogP contribution in [-0.4, -0.2) is 46.4 Å². The van der Waals surface area contributed by atoms with Crippen LogP contribution in [-0.2, 0) is 4.79 Å². The molecular formula is C19H18N4O3S. The number of carbonyl (C=O) groups excluding carboxylic acids is 3. The van der Waals surface area contributed by atoms with Crippen LogP contribution in [0.25, 0.3) is 0 Å². The Balaban J connectivity index is 1.39. The molecule has 0 atom stereocenters. The first-order chi connectivity index (χ1) is 13.1. The maximum Gasteiger partial charge on any atom is 0.322 e. The number of pyridine rings is 1. The highest BCUT2D eigenvalue weighted by Crippen LogP contribution is 2.28. The number of nitrogens with one attached hydrogen (secondary N) is 2. The Morgan fingerprint density at radius 2 is 1.81 bits per heavy atom. The van der Waals surface area contributed by atoms with E-state index in [1.807, 2.05) is 42.5 Å². The standard InChI is InChI=1S/C19H18N4O3S/c24-16(23-11-8-19(9-12-23)17(25)21-18(26)22-19)13-4-6-14(7-5-13)27-15-3-1-2-10-20-15/h1-7,10H,8-9,11-12H2,(H2,21,22,25,26). The number of hydrogen-bond donors (Lipinski definition) is 2. The van der Waals surface area contributed by atoms with Crippen LogP contribution in [0.2, 0.25) is 0 Å². The van der Waals surface area contributed by atoms with Crippen molar-refractivity contribution in [3.8, 4) is 0 Å². The minimum absolute atomic E-state index is 0.0658. The van der Waals surface area contributed by atoms with Crippen LogP contribution < -0.4 is 10.6 Å². The number of piperidine rings is 1. The lowest BCUT2D eigenvalue weighted by Gasteiger charge is -2.37. The van der Waals surface area contributed by atoms with Crippen molar-refractivity contribution >= 4 is 29.6 Å². The second kappa shape index (κ2) is 7.03. The van der Waals surface area contributed by atoms with Crippen molar-refractivity contribution in [3.05, 3.63) is 54.2 Å². The van der Waals surface area contributed by atoms with Gasteiger partial charge in [-0.25, -0.2) is 9.78 Å². The number of urea groups is 1. The van der Waals surface area contributed by atoms with Crippen LogP contribution in [0.1, 0.15) is 23.2 Å². The van der Waals surface area contributed by atoms with Gasteiger partial charge in [-0.1, -0.05) is 17.8 Å². The van der Waals surface area contributed by atoms with E-state index in [-0.39, 0.29) is 11.8 Å². The van der Waals surface area contributed by atoms with Gasteiger partial charge in [-0.2, -0.15) is 0 Å². The quantitative estimate of drug-likeness (QED) is 0.793. The first-order valence-corrected chi connectivity index (χ1v) is 9.49. The van der Waals surface area contributed by atoms with E-state index in [1.165, 1.54) is 11.8 Å². The predicted molar refractivity (Wildman–Crippen MR) is 99.3 cm³/mol. The number of likely N-dealkylation sites (tertiary alicyclic amines) is 1. The van der Waals surface area contributed by atoms with Gasteiger partial charge in [0.05, 0.1) is 0 Å². The van der Waals surface area contributed by atoms with Gasteiger partial charge in [-0.05, 0) is 49.2 Å². The average molecular weight is 382 g/mol. The fourth-order valence-corrected chi connectivity index (χ4v) is 4.12. The number of aromatic nitrogens is 1. The molecule has 2 aliphatic heterocycles. The van der Waals surface area contributed by atoms with Crippen molar-refractivity contribution in [2.75, 3.05) is 13.1 Å². The first-order valence-electron chi connectivity index (χ1n) is 8.68. The molecule has 3 heterocycles. The minimum Gasteiger partial charge on any atom is -0.338 e. The second-order valence-electron chi connectivity index (χ2n) is 6.58. The number of carbonyl (C=O) groups is 3. The van der Waals surface area contributed by atoms with E-state index in [2.05, 4.69) is 15.6 Å². The molecule has 0 aliphatic carbocycles. The summed E-state index contributed by atoms with van der Waals surface area (Å²) in [6.45, 7) is 0.855. The smallest absolute Gasteiger partial charge is 0.322 e. The van der Waals surface area contributed by atoms with Crippen molar-refractivity contribution in [2.45, 2.75) is 28.3 Å². The number of rotatable bonds is 3. The average Bonchev–Trinajstić information content (AvgIpc) is 2.96. The number of imide groups is 1. The Labute approximate surface area is 160 Å². The zero-order chi connectivity index (χ0) is 18.9. The monoisotopic (exact) mass is 382 g/mol. The Morgan fingerprint density at radius 3 is 2.41 bits per heavy atom. The van der Waals surface area contributed by atoms with E-state index in [4.69, 9.17) is 0 Å². The summed E-state index contributed by atoms with van der Waals surface area (Å²) in [6, 6.07) is 12.7. The molecule has 4 rings (SSSR count). The summed E-state index contributed by atoms with van der Waals surface area (Å²) < 4.78 is 0. The van der Waals surface area contributed by atoms with Crippen LogP contribution in [0, 0.1) is 0 Å². The van der Waals surface area contributed by atoms with E-state index in [0.29, 0.717) is 31.5 Å². The fourth-order valence-electron chi connectivity index (χ4n) is 3.35. The molecule has 4 amide bonds. The van der Waals surface area contributed by atoms with Gasteiger partial charge >= 0.3 is 6.03 Å². The molecule has 2 N–H and O–H groups in total. The third-order valence-electron chi connectivity index (χ3n) is 4.88. The summed E-state index contributed by atoms with van der Waals surface area (Å²) in [5, 5.41) is 5.88. The van der Waals surface area contributed by atoms with Crippen molar-refractivity contribution in [1.29, 1.82) is 0 Å². The van der Waals surface area contributed by atoms with Gasteiger partial charge in [0.2, 0.25) is 0 Å². The highest BCUT2D eigenvalue weighted by molar-refractivity contribution is 7.99. The van der Waals surface area contributed by atoms with Crippen LogP contribution in [0.4, 0.5) is 4.79 Å². The molecule has 2 aliphatic rings. The summed E-state index contributed by atoms with van der Waals surface area (Å²) in [5.41, 5.74) is -0.256. The highest BCUT2D eigenvalue weighted by Gasteiger charge is 2.48. The predicted octanol–water partition coefficient (Wildman–Crippen LogP) is 2.05. The molecule has 8 heteroatoms. The zero-order valence-corrected chi connectivity index (χ0v) is 15.3. The molecule has 1 spiro atoms. The summed E-state index contributed by atoms with van der Waals surface area (Å²) in [4.78, 5) is 43.1. The van der Waals surface area contributed by atoms with Gasteiger partial charge in [-0.3, -0.25) is 14.9 Å². The molecule has 7 nitrogen and oxygen atoms in total. The Bertz CT molecular complexity index is 878. The number of nitrogens with zero attached hydrogens (tertiary/aromatic N) is 2. The van der Waals surface area contributed by atoms with Gasteiger partial charge in [0.15, 0.2) is 0 Å². The Morgan fingerprint density at radius 1 is 1.07 bits per heavy atom. The lowest BCUT2D eigenvalue weighted by atomic mass is 9.87. The molecule has 2 saturated heterocycles. The molecule has 0 unspecified atom stereocenters. The molecule has 1 aromatic carbocycles. The van der Waals surface area contributed by atoms with Crippen LogP contribution in [0.3, 0.4) is 0 Å². The van der Waals surface area contributed by atoms with Crippen LogP contribution in [0.5, 0.6) is 0 Å². The van der Waals surface area contributed by atoms with E-state index >= 15 is 0 Å². The Kier molecular flexibility index (Phi) is 4.57. The van der Waals surface area contributed by atoms with Gasteiger partial charge in [0.1, 0.15) is 10.6 Å². The minimum atomic E-state index is -0.864. The molecule has 0 saturated carbocycles. The maximum atomic E-state index is 12.7. The van der Waals surface area contributed by atoms with E-state index in [0.717, 1.165) is 9.92 Å². The molecule has 2 aromatic rings. The summed E-state index contributed by atoms with van der Waals surface area (Å²) in [6.07, 6.45) is 2.59. The molecule has 138 valence electrons. The van der Waals surface area contributed by atoms with Crippen LogP contribution >= 0.6 is 11.8 Å². The van der Waals surface area contributed by atoms with Gasteiger partial charge in [-0.15, -0.1) is 0 Å².